The standard InChI is InChI=1S/C22H25N3OS3/c1-2-3-14-27-21-24-25-22(29-21)28-16-20(26)23-19(18-12-8-5-9-13-18)15-17-10-6-4-7-11-17/h4-13,19H,2-3,14-16H2,1H3,(H,23,26). The second-order valence-corrected chi connectivity index (χ2v) is 10.1. The molecule has 0 radical (unpaired) electrons. The van der Waals surface area contributed by atoms with E-state index in [0.717, 1.165) is 26.4 Å². The molecule has 0 aliphatic rings. The minimum Gasteiger partial charge on any atom is -0.348 e. The Labute approximate surface area is 184 Å². The van der Waals surface area contributed by atoms with E-state index in [1.54, 1.807) is 23.1 Å². The number of thioether (sulfide) groups is 2. The molecular weight excluding hydrogens is 418 g/mol. The molecule has 0 fully saturated rings. The number of unbranched alkanes of at least 4 members (excludes halogenated alkanes) is 1. The zero-order valence-corrected chi connectivity index (χ0v) is 18.9. The lowest BCUT2D eigenvalue weighted by atomic mass is 9.99. The number of carbonyl (C=O) groups excluding carboxylic acids is 1. The summed E-state index contributed by atoms with van der Waals surface area (Å²) in [6.07, 6.45) is 3.12. The van der Waals surface area contributed by atoms with Crippen molar-refractivity contribution in [3.8, 4) is 0 Å². The van der Waals surface area contributed by atoms with Crippen LogP contribution in [0.15, 0.2) is 69.3 Å². The van der Waals surface area contributed by atoms with Gasteiger partial charge in [-0.25, -0.2) is 0 Å². The number of nitrogens with one attached hydrogen (secondary N) is 1. The van der Waals surface area contributed by atoms with Gasteiger partial charge in [-0.1, -0.05) is 109 Å². The lowest BCUT2D eigenvalue weighted by Gasteiger charge is -2.19. The second kappa shape index (κ2) is 12.0. The summed E-state index contributed by atoms with van der Waals surface area (Å²) in [5.41, 5.74) is 2.31. The molecule has 0 spiro atoms. The Morgan fingerprint density at radius 1 is 1.00 bits per heavy atom. The first-order chi connectivity index (χ1) is 14.2. The minimum absolute atomic E-state index is 0.00942. The summed E-state index contributed by atoms with van der Waals surface area (Å²) in [4.78, 5) is 12.6. The van der Waals surface area contributed by atoms with Crippen molar-refractivity contribution in [3.05, 3.63) is 71.8 Å². The van der Waals surface area contributed by atoms with E-state index in [1.165, 1.54) is 30.2 Å². The molecule has 1 heterocycles. The molecule has 1 amide bonds. The molecule has 0 bridgehead atoms. The Kier molecular flexibility index (Phi) is 9.05. The molecule has 4 nitrogen and oxygen atoms in total. The van der Waals surface area contributed by atoms with Crippen molar-refractivity contribution in [2.75, 3.05) is 11.5 Å². The zero-order valence-electron chi connectivity index (χ0n) is 16.4. The summed E-state index contributed by atoms with van der Waals surface area (Å²) in [5.74, 6) is 1.41. The van der Waals surface area contributed by atoms with E-state index in [1.807, 2.05) is 36.4 Å². The van der Waals surface area contributed by atoms with Crippen LogP contribution in [0.25, 0.3) is 0 Å². The molecule has 7 heteroatoms. The first-order valence-corrected chi connectivity index (χ1v) is 12.5. The Morgan fingerprint density at radius 2 is 1.66 bits per heavy atom. The summed E-state index contributed by atoms with van der Waals surface area (Å²) in [6, 6.07) is 20.3. The number of hydrogen-bond acceptors (Lipinski definition) is 6. The summed E-state index contributed by atoms with van der Waals surface area (Å²) in [7, 11) is 0. The van der Waals surface area contributed by atoms with E-state index >= 15 is 0 Å². The first-order valence-electron chi connectivity index (χ1n) is 9.72. The average molecular weight is 444 g/mol. The van der Waals surface area contributed by atoms with Crippen LogP contribution < -0.4 is 5.32 Å². The van der Waals surface area contributed by atoms with Crippen LogP contribution >= 0.6 is 34.9 Å². The second-order valence-electron chi connectivity index (χ2n) is 6.55. The van der Waals surface area contributed by atoms with Gasteiger partial charge in [0.05, 0.1) is 11.8 Å². The maximum Gasteiger partial charge on any atom is 0.230 e. The predicted molar refractivity (Wildman–Crippen MR) is 124 cm³/mol. The SMILES string of the molecule is CCCCSc1nnc(SCC(=O)NC(Cc2ccccc2)c2ccccc2)s1. The van der Waals surface area contributed by atoms with E-state index in [-0.39, 0.29) is 11.9 Å². The van der Waals surface area contributed by atoms with Crippen LogP contribution in [-0.2, 0) is 11.2 Å². The van der Waals surface area contributed by atoms with Gasteiger partial charge in [-0.2, -0.15) is 0 Å². The maximum atomic E-state index is 12.6. The quantitative estimate of drug-likeness (QED) is 0.308. The number of benzene rings is 2. The Morgan fingerprint density at radius 3 is 2.34 bits per heavy atom. The van der Waals surface area contributed by atoms with Crippen molar-refractivity contribution < 1.29 is 4.79 Å². The van der Waals surface area contributed by atoms with Gasteiger partial charge in [0.1, 0.15) is 0 Å². The van der Waals surface area contributed by atoms with Crippen molar-refractivity contribution in [1.29, 1.82) is 0 Å². The van der Waals surface area contributed by atoms with Crippen molar-refractivity contribution in [3.63, 3.8) is 0 Å². The molecule has 3 rings (SSSR count). The molecule has 0 aliphatic heterocycles. The fourth-order valence-electron chi connectivity index (χ4n) is 2.77. The smallest absolute Gasteiger partial charge is 0.230 e. The predicted octanol–water partition coefficient (Wildman–Crippen LogP) is 5.62. The summed E-state index contributed by atoms with van der Waals surface area (Å²) < 4.78 is 1.83. The van der Waals surface area contributed by atoms with Crippen LogP contribution in [-0.4, -0.2) is 27.6 Å². The van der Waals surface area contributed by atoms with Crippen LogP contribution in [0.1, 0.15) is 36.9 Å². The molecule has 0 saturated heterocycles. The van der Waals surface area contributed by atoms with Gasteiger partial charge in [0.25, 0.3) is 0 Å². The number of rotatable bonds is 11. The van der Waals surface area contributed by atoms with E-state index in [9.17, 15) is 4.79 Å². The molecular formula is C22H25N3OS3. The van der Waals surface area contributed by atoms with Crippen LogP contribution in [0.2, 0.25) is 0 Å². The Bertz CT molecular complexity index is 871. The van der Waals surface area contributed by atoms with Crippen molar-refractivity contribution in [2.24, 2.45) is 0 Å². The number of aromatic nitrogens is 2. The van der Waals surface area contributed by atoms with Crippen LogP contribution in [0, 0.1) is 0 Å². The third-order valence-corrected chi connectivity index (χ3v) is 7.53. The van der Waals surface area contributed by atoms with Gasteiger partial charge in [-0.05, 0) is 24.0 Å². The van der Waals surface area contributed by atoms with Crippen LogP contribution in [0.3, 0.4) is 0 Å². The Hall–Kier alpha value is -1.83. The Balaban J connectivity index is 1.55. The van der Waals surface area contributed by atoms with Crippen LogP contribution in [0.5, 0.6) is 0 Å². The van der Waals surface area contributed by atoms with E-state index in [2.05, 4.69) is 46.7 Å². The maximum absolute atomic E-state index is 12.6. The highest BCUT2D eigenvalue weighted by Gasteiger charge is 2.16. The van der Waals surface area contributed by atoms with E-state index in [0.29, 0.717) is 5.75 Å². The first kappa shape index (κ1) is 21.9. The molecule has 1 unspecified atom stereocenters. The molecule has 1 atom stereocenters. The van der Waals surface area contributed by atoms with Gasteiger partial charge < -0.3 is 5.32 Å². The number of amides is 1. The van der Waals surface area contributed by atoms with Crippen LogP contribution in [0.4, 0.5) is 0 Å². The highest BCUT2D eigenvalue weighted by Crippen LogP contribution is 2.29. The van der Waals surface area contributed by atoms with E-state index < -0.39 is 0 Å². The molecule has 0 saturated carbocycles. The van der Waals surface area contributed by atoms with Gasteiger partial charge in [0.15, 0.2) is 8.68 Å². The van der Waals surface area contributed by atoms with Crippen molar-refractivity contribution >= 4 is 40.8 Å². The lowest BCUT2D eigenvalue weighted by molar-refractivity contribution is -0.119. The monoisotopic (exact) mass is 443 g/mol. The van der Waals surface area contributed by atoms with Gasteiger partial charge >= 0.3 is 0 Å². The average Bonchev–Trinajstić information content (AvgIpc) is 3.21. The molecule has 2 aromatic carbocycles. The molecule has 0 aliphatic carbocycles. The van der Waals surface area contributed by atoms with Gasteiger partial charge in [0.2, 0.25) is 5.91 Å². The van der Waals surface area contributed by atoms with Crippen molar-refractivity contribution in [1.82, 2.24) is 15.5 Å². The van der Waals surface area contributed by atoms with Gasteiger partial charge in [-0.15, -0.1) is 10.2 Å². The number of carbonyl (C=O) groups is 1. The summed E-state index contributed by atoms with van der Waals surface area (Å²) >= 11 is 4.76. The zero-order chi connectivity index (χ0) is 20.3. The normalized spacial score (nSPS) is 11.9. The number of nitrogens with zero attached hydrogens (tertiary/aromatic N) is 2. The number of hydrogen-bond donors (Lipinski definition) is 1. The summed E-state index contributed by atoms with van der Waals surface area (Å²) in [5, 5.41) is 11.6. The van der Waals surface area contributed by atoms with Crippen molar-refractivity contribution in [2.45, 2.75) is 40.9 Å². The molecule has 1 N–H and O–H groups in total. The summed E-state index contributed by atoms with van der Waals surface area (Å²) in [6.45, 7) is 2.18. The molecule has 3 aromatic rings. The third-order valence-electron chi connectivity index (χ3n) is 4.26. The highest BCUT2D eigenvalue weighted by molar-refractivity contribution is 8.03. The van der Waals surface area contributed by atoms with Gasteiger partial charge in [0, 0.05) is 5.75 Å². The van der Waals surface area contributed by atoms with Gasteiger partial charge in [-0.3, -0.25) is 4.79 Å². The topological polar surface area (TPSA) is 54.9 Å². The third kappa shape index (κ3) is 7.49. The largest absolute Gasteiger partial charge is 0.348 e. The lowest BCUT2D eigenvalue weighted by Crippen LogP contribution is -2.31. The molecule has 29 heavy (non-hydrogen) atoms. The fourth-order valence-corrected chi connectivity index (χ4v) is 5.75. The van der Waals surface area contributed by atoms with E-state index in [4.69, 9.17) is 0 Å². The highest BCUT2D eigenvalue weighted by atomic mass is 32.2. The minimum atomic E-state index is -0.0544. The molecule has 1 aromatic heterocycles. The fraction of sp³-hybridized carbons (Fsp3) is 0.318. The molecule has 152 valence electrons.